The summed E-state index contributed by atoms with van der Waals surface area (Å²) in [5.74, 6) is 0.406. The molecule has 26 heavy (non-hydrogen) atoms. The van der Waals surface area contributed by atoms with Crippen molar-refractivity contribution in [2.75, 3.05) is 13.6 Å². The minimum absolute atomic E-state index is 0.218. The Morgan fingerprint density at radius 3 is 2.81 bits per heavy atom. The number of rotatable bonds is 4. The molecule has 3 heterocycles. The second-order valence-corrected chi connectivity index (χ2v) is 6.72. The molecule has 6 heteroatoms. The predicted molar refractivity (Wildman–Crippen MR) is 97.4 cm³/mol. The molecule has 1 fully saturated rings. The van der Waals surface area contributed by atoms with E-state index in [1.54, 1.807) is 12.1 Å². The number of likely N-dealkylation sites (tertiary alicyclic amines) is 1. The molecule has 1 saturated heterocycles. The molecular formula is C20H21FN4O. The zero-order valence-corrected chi connectivity index (χ0v) is 14.7. The van der Waals surface area contributed by atoms with Crippen LogP contribution in [-0.2, 0) is 6.54 Å². The highest BCUT2D eigenvalue weighted by Gasteiger charge is 2.28. The highest BCUT2D eigenvalue weighted by molar-refractivity contribution is 5.99. The monoisotopic (exact) mass is 352 g/mol. The number of pyridine rings is 1. The first-order chi connectivity index (χ1) is 12.6. The third-order valence-electron chi connectivity index (χ3n) is 4.98. The number of imidazole rings is 1. The molecule has 0 spiro atoms. The van der Waals surface area contributed by atoms with Crippen molar-refractivity contribution in [3.8, 4) is 0 Å². The number of amides is 1. The Labute approximate surface area is 151 Å². The maximum Gasteiger partial charge on any atom is 0.272 e. The number of nitrogens with one attached hydrogen (secondary N) is 1. The Bertz CT molecular complexity index is 935. The van der Waals surface area contributed by atoms with E-state index >= 15 is 0 Å². The summed E-state index contributed by atoms with van der Waals surface area (Å²) in [6.07, 6.45) is 4.14. The van der Waals surface area contributed by atoms with E-state index < -0.39 is 0 Å². The quantitative estimate of drug-likeness (QED) is 0.785. The van der Waals surface area contributed by atoms with Gasteiger partial charge in [0.2, 0.25) is 0 Å². The van der Waals surface area contributed by atoms with Gasteiger partial charge >= 0.3 is 0 Å². The number of nitrogens with zero attached hydrogens (tertiary/aromatic N) is 3. The molecule has 134 valence electrons. The number of carbonyl (C=O) groups is 1. The molecule has 2 aromatic heterocycles. The van der Waals surface area contributed by atoms with Gasteiger partial charge < -0.3 is 9.72 Å². The maximum atomic E-state index is 13.0. The summed E-state index contributed by atoms with van der Waals surface area (Å²) < 4.78 is 15.0. The number of hydrogen-bond acceptors (Lipinski definition) is 3. The second-order valence-electron chi connectivity index (χ2n) is 6.72. The lowest BCUT2D eigenvalue weighted by molar-refractivity contribution is 0.0947. The van der Waals surface area contributed by atoms with Crippen LogP contribution in [0.15, 0.2) is 48.7 Å². The third kappa shape index (κ3) is 3.08. The van der Waals surface area contributed by atoms with Crippen LogP contribution in [0.3, 0.4) is 0 Å². The molecule has 1 aliphatic heterocycles. The molecule has 1 aromatic carbocycles. The minimum atomic E-state index is -0.287. The molecule has 0 saturated carbocycles. The van der Waals surface area contributed by atoms with Gasteiger partial charge in [0, 0.05) is 12.7 Å². The zero-order valence-electron chi connectivity index (χ0n) is 14.7. The van der Waals surface area contributed by atoms with Gasteiger partial charge in [-0.05, 0) is 56.3 Å². The van der Waals surface area contributed by atoms with Gasteiger partial charge in [-0.2, -0.15) is 0 Å². The van der Waals surface area contributed by atoms with Crippen molar-refractivity contribution in [3.05, 3.63) is 71.6 Å². The van der Waals surface area contributed by atoms with Crippen LogP contribution in [0.1, 0.15) is 40.8 Å². The van der Waals surface area contributed by atoms with Crippen molar-refractivity contribution >= 4 is 11.4 Å². The van der Waals surface area contributed by atoms with E-state index in [2.05, 4.69) is 17.3 Å². The first-order valence-electron chi connectivity index (χ1n) is 8.83. The Kier molecular flexibility index (Phi) is 4.42. The van der Waals surface area contributed by atoms with E-state index in [9.17, 15) is 9.18 Å². The number of carbonyl (C=O) groups excluding carboxylic acids is 1. The van der Waals surface area contributed by atoms with Crippen LogP contribution in [0.2, 0.25) is 0 Å². The Morgan fingerprint density at radius 1 is 1.27 bits per heavy atom. The van der Waals surface area contributed by atoms with Crippen molar-refractivity contribution in [1.29, 1.82) is 0 Å². The largest absolute Gasteiger partial charge is 0.347 e. The first kappa shape index (κ1) is 16.7. The maximum absolute atomic E-state index is 13.0. The number of hydrogen-bond donors (Lipinski definition) is 1. The van der Waals surface area contributed by atoms with Gasteiger partial charge in [0.25, 0.3) is 5.91 Å². The van der Waals surface area contributed by atoms with Crippen LogP contribution < -0.4 is 5.32 Å². The average Bonchev–Trinajstić information content (AvgIpc) is 3.24. The average molecular weight is 352 g/mol. The van der Waals surface area contributed by atoms with Crippen molar-refractivity contribution in [2.24, 2.45) is 0 Å². The molecule has 4 rings (SSSR count). The smallest absolute Gasteiger partial charge is 0.272 e. The van der Waals surface area contributed by atoms with Gasteiger partial charge in [-0.25, -0.2) is 9.37 Å². The molecule has 0 aliphatic carbocycles. The summed E-state index contributed by atoms with van der Waals surface area (Å²) in [6.45, 7) is 1.38. The van der Waals surface area contributed by atoms with Crippen molar-refractivity contribution in [1.82, 2.24) is 19.6 Å². The fraction of sp³-hybridized carbons (Fsp3) is 0.300. The molecule has 5 nitrogen and oxygen atoms in total. The van der Waals surface area contributed by atoms with Crippen LogP contribution in [0.25, 0.3) is 5.52 Å². The van der Waals surface area contributed by atoms with E-state index in [4.69, 9.17) is 4.98 Å². The summed E-state index contributed by atoms with van der Waals surface area (Å²) >= 11 is 0. The van der Waals surface area contributed by atoms with Crippen LogP contribution in [-0.4, -0.2) is 33.8 Å². The molecular weight excluding hydrogens is 331 g/mol. The molecule has 1 unspecified atom stereocenters. The van der Waals surface area contributed by atoms with Gasteiger partial charge in [0.1, 0.15) is 11.6 Å². The lowest BCUT2D eigenvalue weighted by Gasteiger charge is -2.17. The van der Waals surface area contributed by atoms with Gasteiger partial charge in [0.05, 0.1) is 11.6 Å². The van der Waals surface area contributed by atoms with E-state index in [1.165, 1.54) is 12.1 Å². The molecule has 3 aromatic rings. The van der Waals surface area contributed by atoms with Gasteiger partial charge in [-0.1, -0.05) is 18.2 Å². The molecule has 1 atom stereocenters. The second kappa shape index (κ2) is 6.88. The lowest BCUT2D eigenvalue weighted by Crippen LogP contribution is -2.23. The fourth-order valence-corrected chi connectivity index (χ4v) is 3.57. The Morgan fingerprint density at radius 2 is 2.08 bits per heavy atom. The van der Waals surface area contributed by atoms with Gasteiger partial charge in [-0.3, -0.25) is 9.69 Å². The van der Waals surface area contributed by atoms with Gasteiger partial charge in [0.15, 0.2) is 5.69 Å². The summed E-state index contributed by atoms with van der Waals surface area (Å²) in [5, 5.41) is 2.89. The Balaban J connectivity index is 1.61. The lowest BCUT2D eigenvalue weighted by atomic mass is 10.2. The minimum Gasteiger partial charge on any atom is -0.347 e. The van der Waals surface area contributed by atoms with E-state index in [0.29, 0.717) is 12.2 Å². The summed E-state index contributed by atoms with van der Waals surface area (Å²) in [7, 11) is 2.09. The van der Waals surface area contributed by atoms with E-state index in [0.717, 1.165) is 36.3 Å². The van der Waals surface area contributed by atoms with Crippen molar-refractivity contribution < 1.29 is 9.18 Å². The van der Waals surface area contributed by atoms with Crippen molar-refractivity contribution in [2.45, 2.75) is 25.4 Å². The van der Waals surface area contributed by atoms with Crippen LogP contribution in [0.5, 0.6) is 0 Å². The van der Waals surface area contributed by atoms with Crippen molar-refractivity contribution in [3.63, 3.8) is 0 Å². The summed E-state index contributed by atoms with van der Waals surface area (Å²) in [5.41, 5.74) is 2.08. The molecule has 0 bridgehead atoms. The molecule has 1 N–H and O–H groups in total. The topological polar surface area (TPSA) is 49.6 Å². The van der Waals surface area contributed by atoms with E-state index in [1.807, 2.05) is 28.8 Å². The summed E-state index contributed by atoms with van der Waals surface area (Å²) in [6, 6.07) is 12.1. The van der Waals surface area contributed by atoms with Crippen LogP contribution >= 0.6 is 0 Å². The zero-order chi connectivity index (χ0) is 18.1. The molecule has 1 aliphatic rings. The highest BCUT2D eigenvalue weighted by Crippen LogP contribution is 2.31. The Hall–Kier alpha value is -2.73. The molecule has 1 amide bonds. The fourth-order valence-electron chi connectivity index (χ4n) is 3.57. The van der Waals surface area contributed by atoms with E-state index in [-0.39, 0.29) is 17.8 Å². The number of halogens is 1. The first-order valence-corrected chi connectivity index (χ1v) is 8.83. The standard InChI is InChI=1S/C20H21FN4O/c1-24-11-4-6-17(24)19-23-18(16-5-2-3-12-25(16)19)20(26)22-13-14-7-9-15(21)10-8-14/h2-3,5,7-10,12,17H,4,6,11,13H2,1H3,(H,22,26). The third-order valence-corrected chi connectivity index (χ3v) is 4.98. The SMILES string of the molecule is CN1CCCC1c1nc(C(=O)NCc2ccc(F)cc2)c2ccccn12. The molecule has 0 radical (unpaired) electrons. The van der Waals surface area contributed by atoms with Crippen LogP contribution in [0, 0.1) is 5.82 Å². The van der Waals surface area contributed by atoms with Crippen LogP contribution in [0.4, 0.5) is 4.39 Å². The highest BCUT2D eigenvalue weighted by atomic mass is 19.1. The number of aromatic nitrogens is 2. The number of fused-ring (bicyclic) bond motifs is 1. The normalized spacial score (nSPS) is 17.7. The van der Waals surface area contributed by atoms with Gasteiger partial charge in [-0.15, -0.1) is 0 Å². The predicted octanol–water partition coefficient (Wildman–Crippen LogP) is 3.17. The summed E-state index contributed by atoms with van der Waals surface area (Å²) in [4.78, 5) is 19.7. The number of benzene rings is 1.